The van der Waals surface area contributed by atoms with Crippen molar-refractivity contribution in [2.45, 2.75) is 12.0 Å². The van der Waals surface area contributed by atoms with E-state index in [4.69, 9.17) is 18.6 Å². The number of nitrogens with one attached hydrogen (secondary N) is 1. The van der Waals surface area contributed by atoms with Crippen molar-refractivity contribution in [1.82, 2.24) is 0 Å². The van der Waals surface area contributed by atoms with E-state index < -0.39 is 23.6 Å². The Hall–Kier alpha value is -4.46. The molecule has 8 heteroatoms. The summed E-state index contributed by atoms with van der Waals surface area (Å²) in [5, 5.41) is 13.5. The van der Waals surface area contributed by atoms with Crippen molar-refractivity contribution in [3.8, 4) is 23.0 Å². The van der Waals surface area contributed by atoms with Crippen LogP contribution in [0.25, 0.3) is 11.0 Å². The molecule has 0 spiro atoms. The van der Waals surface area contributed by atoms with Gasteiger partial charge in [0.05, 0.1) is 31.1 Å². The Morgan fingerprint density at radius 3 is 2.62 bits per heavy atom. The molecule has 0 saturated heterocycles. The maximum absolute atomic E-state index is 13.4. The summed E-state index contributed by atoms with van der Waals surface area (Å²) in [6.07, 6.45) is -1.08. The maximum atomic E-state index is 13.4. The molecular weight excluding hydrogens is 438 g/mol. The quantitative estimate of drug-likeness (QED) is 0.434. The summed E-state index contributed by atoms with van der Waals surface area (Å²) < 4.78 is 22.2. The molecule has 0 aliphatic carbocycles. The van der Waals surface area contributed by atoms with Gasteiger partial charge in [0.2, 0.25) is 0 Å². The van der Waals surface area contributed by atoms with Crippen LogP contribution in [0.1, 0.15) is 17.0 Å². The average molecular weight is 459 g/mol. The number of phenolic OH excluding ortho intramolecular Hbond substituents is 1. The molecule has 5 rings (SSSR count). The Labute approximate surface area is 194 Å². The standard InChI is InChI=1S/C26H21NO7/c1-31-16-7-5-6-15(13-16)27-25(29)24-21(14-10-11-18(28)20(12-14)32-2)22-23(34-24)17-8-3-4-9-19(17)33-26(22)30/h3-13,21,24,28H,1-2H3,(H,27,29)/t21-,24-/m1/s1. The number of hydrogen-bond acceptors (Lipinski definition) is 7. The lowest BCUT2D eigenvalue weighted by atomic mass is 9.88. The van der Waals surface area contributed by atoms with E-state index in [1.54, 1.807) is 60.7 Å². The molecule has 0 saturated carbocycles. The lowest BCUT2D eigenvalue weighted by Crippen LogP contribution is -2.35. The van der Waals surface area contributed by atoms with Crippen LogP contribution in [0, 0.1) is 0 Å². The van der Waals surface area contributed by atoms with Gasteiger partial charge in [0.15, 0.2) is 17.6 Å². The Morgan fingerprint density at radius 1 is 1.00 bits per heavy atom. The van der Waals surface area contributed by atoms with E-state index in [0.29, 0.717) is 33.7 Å². The zero-order valence-corrected chi connectivity index (χ0v) is 18.4. The van der Waals surface area contributed by atoms with Crippen molar-refractivity contribution in [1.29, 1.82) is 0 Å². The highest BCUT2D eigenvalue weighted by Crippen LogP contribution is 2.45. The van der Waals surface area contributed by atoms with Crippen molar-refractivity contribution in [3.63, 3.8) is 0 Å². The van der Waals surface area contributed by atoms with Crippen LogP contribution in [0.15, 0.2) is 75.9 Å². The van der Waals surface area contributed by atoms with Crippen molar-refractivity contribution in [2.75, 3.05) is 19.5 Å². The molecule has 0 radical (unpaired) electrons. The summed E-state index contributed by atoms with van der Waals surface area (Å²) >= 11 is 0. The van der Waals surface area contributed by atoms with Gasteiger partial charge < -0.3 is 29.1 Å². The fourth-order valence-electron chi connectivity index (χ4n) is 4.23. The molecule has 1 amide bonds. The molecular formula is C26H21NO7. The average Bonchev–Trinajstić information content (AvgIpc) is 3.26. The third kappa shape index (κ3) is 3.59. The molecule has 1 aliphatic heterocycles. The molecule has 8 nitrogen and oxygen atoms in total. The van der Waals surface area contributed by atoms with Gasteiger partial charge in [-0.05, 0) is 42.0 Å². The van der Waals surface area contributed by atoms with E-state index in [1.807, 2.05) is 0 Å². The number of aromatic hydroxyl groups is 1. The van der Waals surface area contributed by atoms with Gasteiger partial charge in [-0.3, -0.25) is 4.79 Å². The Balaban J connectivity index is 1.64. The maximum Gasteiger partial charge on any atom is 0.344 e. The summed E-state index contributed by atoms with van der Waals surface area (Å²) in [4.78, 5) is 26.5. The molecule has 2 heterocycles. The van der Waals surface area contributed by atoms with E-state index in [0.717, 1.165) is 0 Å². The Bertz CT molecular complexity index is 1460. The number of carbonyl (C=O) groups is 1. The number of ether oxygens (including phenoxy) is 3. The van der Waals surface area contributed by atoms with Crippen LogP contribution < -0.4 is 25.2 Å². The van der Waals surface area contributed by atoms with Crippen molar-refractivity contribution in [3.05, 3.63) is 88.3 Å². The second-order valence-corrected chi connectivity index (χ2v) is 7.80. The zero-order chi connectivity index (χ0) is 23.8. The topological polar surface area (TPSA) is 107 Å². The first kappa shape index (κ1) is 21.4. The van der Waals surface area contributed by atoms with Gasteiger partial charge in [-0.1, -0.05) is 24.3 Å². The number of fused-ring (bicyclic) bond motifs is 3. The van der Waals surface area contributed by atoms with Gasteiger partial charge in [-0.2, -0.15) is 0 Å². The molecule has 0 fully saturated rings. The molecule has 2 N–H and O–H groups in total. The highest BCUT2D eigenvalue weighted by Gasteiger charge is 2.44. The van der Waals surface area contributed by atoms with E-state index in [1.165, 1.54) is 20.3 Å². The number of para-hydroxylation sites is 1. The fraction of sp³-hybridized carbons (Fsp3) is 0.154. The van der Waals surface area contributed by atoms with Crippen LogP contribution in [0.4, 0.5) is 5.69 Å². The first-order chi connectivity index (χ1) is 16.5. The second kappa shape index (κ2) is 8.47. The summed E-state index contributed by atoms with van der Waals surface area (Å²) in [6.45, 7) is 0. The number of benzene rings is 3. The molecule has 1 aromatic heterocycles. The highest BCUT2D eigenvalue weighted by atomic mass is 16.5. The molecule has 0 unspecified atom stereocenters. The molecule has 0 bridgehead atoms. The number of phenols is 1. The monoisotopic (exact) mass is 459 g/mol. The number of carbonyl (C=O) groups excluding carboxylic acids is 1. The first-order valence-corrected chi connectivity index (χ1v) is 10.5. The van der Waals surface area contributed by atoms with Crippen LogP contribution in [0.5, 0.6) is 23.0 Å². The molecule has 1 aliphatic rings. The number of hydrogen-bond donors (Lipinski definition) is 2. The van der Waals surface area contributed by atoms with E-state index in [9.17, 15) is 14.7 Å². The lowest BCUT2D eigenvalue weighted by Gasteiger charge is -2.19. The van der Waals surface area contributed by atoms with Crippen molar-refractivity contribution in [2.24, 2.45) is 0 Å². The van der Waals surface area contributed by atoms with Crippen molar-refractivity contribution < 1.29 is 28.5 Å². The highest BCUT2D eigenvalue weighted by molar-refractivity contribution is 5.97. The van der Waals surface area contributed by atoms with Crippen LogP contribution >= 0.6 is 0 Å². The van der Waals surface area contributed by atoms with Gasteiger partial charge in [0.25, 0.3) is 5.91 Å². The lowest BCUT2D eigenvalue weighted by molar-refractivity contribution is -0.122. The molecule has 2 atom stereocenters. The van der Waals surface area contributed by atoms with Crippen LogP contribution in [0.2, 0.25) is 0 Å². The first-order valence-electron chi connectivity index (χ1n) is 10.5. The number of amides is 1. The molecule has 172 valence electrons. The van der Waals surface area contributed by atoms with Crippen LogP contribution in [-0.4, -0.2) is 31.3 Å². The van der Waals surface area contributed by atoms with Gasteiger partial charge >= 0.3 is 5.63 Å². The zero-order valence-electron chi connectivity index (χ0n) is 18.4. The van der Waals surface area contributed by atoms with Gasteiger partial charge in [0.1, 0.15) is 17.1 Å². The minimum Gasteiger partial charge on any atom is -0.504 e. The third-order valence-corrected chi connectivity index (χ3v) is 5.82. The van der Waals surface area contributed by atoms with Crippen LogP contribution in [0.3, 0.4) is 0 Å². The second-order valence-electron chi connectivity index (χ2n) is 7.80. The van der Waals surface area contributed by atoms with Crippen LogP contribution in [-0.2, 0) is 4.79 Å². The number of anilines is 1. The predicted molar refractivity (Wildman–Crippen MR) is 125 cm³/mol. The van der Waals surface area contributed by atoms with E-state index in [-0.39, 0.29) is 17.1 Å². The summed E-state index contributed by atoms with van der Waals surface area (Å²) in [6, 6.07) is 18.6. The fourth-order valence-corrected chi connectivity index (χ4v) is 4.23. The Kier molecular flexibility index (Phi) is 5.33. The predicted octanol–water partition coefficient (Wildman–Crippen LogP) is 4.05. The van der Waals surface area contributed by atoms with Gasteiger partial charge in [0, 0.05) is 11.8 Å². The summed E-state index contributed by atoms with van der Waals surface area (Å²) in [5.41, 5.74) is 1.08. The largest absolute Gasteiger partial charge is 0.504 e. The SMILES string of the molecule is COc1cccc(NC(=O)[C@@H]2Oc3c(c(=O)oc4ccccc34)[C@H]2c2ccc(O)c(OC)c2)c1. The summed E-state index contributed by atoms with van der Waals surface area (Å²) in [5.74, 6) is -0.216. The minimum absolute atomic E-state index is 0.0617. The Morgan fingerprint density at radius 2 is 1.82 bits per heavy atom. The van der Waals surface area contributed by atoms with Gasteiger partial charge in [-0.15, -0.1) is 0 Å². The molecule has 4 aromatic rings. The number of rotatable bonds is 5. The molecule has 34 heavy (non-hydrogen) atoms. The molecule has 3 aromatic carbocycles. The van der Waals surface area contributed by atoms with E-state index >= 15 is 0 Å². The summed E-state index contributed by atoms with van der Waals surface area (Å²) in [7, 11) is 2.96. The number of methoxy groups -OCH3 is 2. The van der Waals surface area contributed by atoms with E-state index in [2.05, 4.69) is 5.32 Å². The van der Waals surface area contributed by atoms with Crippen molar-refractivity contribution >= 4 is 22.6 Å². The third-order valence-electron chi connectivity index (χ3n) is 5.82. The normalized spacial score (nSPS) is 16.5. The smallest absolute Gasteiger partial charge is 0.344 e. The minimum atomic E-state index is -1.08. The van der Waals surface area contributed by atoms with Gasteiger partial charge in [-0.25, -0.2) is 4.79 Å².